The Kier molecular flexibility index (Phi) is 2.10. The molecule has 2 rings (SSSR count). The highest BCUT2D eigenvalue weighted by molar-refractivity contribution is 7.98. The van der Waals surface area contributed by atoms with Gasteiger partial charge in [-0.15, -0.1) is 11.8 Å². The fraction of sp³-hybridized carbons (Fsp3) is 0.100. The Morgan fingerprint density at radius 3 is 2.92 bits per heavy atom. The lowest BCUT2D eigenvalue weighted by atomic mass is 10.1. The second-order valence-corrected chi connectivity index (χ2v) is 3.63. The minimum absolute atomic E-state index is 0.854. The zero-order valence-electron chi connectivity index (χ0n) is 7.32. The molecule has 0 aliphatic carbocycles. The first-order valence-corrected chi connectivity index (χ1v) is 5.21. The summed E-state index contributed by atoms with van der Waals surface area (Å²) in [5, 5.41) is 2.18. The molecular weight excluding hydrogens is 180 g/mol. The van der Waals surface area contributed by atoms with Crippen LogP contribution in [0.4, 0.5) is 5.69 Å². The van der Waals surface area contributed by atoms with E-state index in [4.69, 9.17) is 5.73 Å². The molecule has 2 nitrogen and oxygen atoms in total. The molecule has 0 spiro atoms. The van der Waals surface area contributed by atoms with Crippen LogP contribution in [0, 0.1) is 0 Å². The van der Waals surface area contributed by atoms with Crippen molar-refractivity contribution in [1.82, 2.24) is 4.98 Å². The zero-order valence-corrected chi connectivity index (χ0v) is 8.14. The van der Waals surface area contributed by atoms with Crippen LogP contribution in [0.5, 0.6) is 0 Å². The van der Waals surface area contributed by atoms with Gasteiger partial charge in [-0.1, -0.05) is 6.07 Å². The van der Waals surface area contributed by atoms with Crippen molar-refractivity contribution in [3.8, 4) is 0 Å². The third-order valence-electron chi connectivity index (χ3n) is 2.04. The number of nitrogen functional groups attached to an aromatic ring is 1. The van der Waals surface area contributed by atoms with Crippen molar-refractivity contribution in [2.45, 2.75) is 4.90 Å². The van der Waals surface area contributed by atoms with Crippen molar-refractivity contribution in [2.75, 3.05) is 12.0 Å². The van der Waals surface area contributed by atoms with Gasteiger partial charge in [-0.05, 0) is 18.4 Å². The van der Waals surface area contributed by atoms with Crippen molar-refractivity contribution in [1.29, 1.82) is 0 Å². The normalized spacial score (nSPS) is 10.5. The molecular formula is C10H10N2S. The molecule has 0 atom stereocenters. The highest BCUT2D eigenvalue weighted by Gasteiger charge is 2.01. The highest BCUT2D eigenvalue weighted by Crippen LogP contribution is 2.29. The van der Waals surface area contributed by atoms with Gasteiger partial charge >= 0.3 is 0 Å². The average Bonchev–Trinajstić information content (AvgIpc) is 2.19. The summed E-state index contributed by atoms with van der Waals surface area (Å²) >= 11 is 1.66. The lowest BCUT2D eigenvalue weighted by Gasteiger charge is -2.05. The maximum Gasteiger partial charge on any atom is 0.0532 e. The summed E-state index contributed by atoms with van der Waals surface area (Å²) < 4.78 is 0. The Balaban J connectivity index is 2.79. The maximum atomic E-state index is 5.98. The number of thioether (sulfide) groups is 1. The molecule has 0 fully saturated rings. The molecule has 3 heteroatoms. The van der Waals surface area contributed by atoms with Crippen LogP contribution in [0.2, 0.25) is 0 Å². The Morgan fingerprint density at radius 1 is 1.31 bits per heavy atom. The van der Waals surface area contributed by atoms with Gasteiger partial charge in [-0.2, -0.15) is 0 Å². The topological polar surface area (TPSA) is 38.9 Å². The fourth-order valence-corrected chi connectivity index (χ4v) is 1.88. The quantitative estimate of drug-likeness (QED) is 0.554. The summed E-state index contributed by atoms with van der Waals surface area (Å²) in [5.74, 6) is 0. The van der Waals surface area contributed by atoms with E-state index < -0.39 is 0 Å². The molecule has 0 saturated heterocycles. The molecule has 1 aromatic carbocycles. The molecule has 0 aliphatic heterocycles. The van der Waals surface area contributed by atoms with E-state index in [1.165, 1.54) is 0 Å². The van der Waals surface area contributed by atoms with Crippen LogP contribution >= 0.6 is 11.8 Å². The van der Waals surface area contributed by atoms with E-state index in [0.29, 0.717) is 0 Å². The van der Waals surface area contributed by atoms with Crippen molar-refractivity contribution in [3.05, 3.63) is 30.6 Å². The second-order valence-electron chi connectivity index (χ2n) is 2.78. The number of anilines is 1. The number of rotatable bonds is 1. The molecule has 0 amide bonds. The van der Waals surface area contributed by atoms with E-state index in [0.717, 1.165) is 21.4 Å². The fourth-order valence-electron chi connectivity index (χ4n) is 1.35. The highest BCUT2D eigenvalue weighted by atomic mass is 32.2. The molecule has 0 radical (unpaired) electrons. The van der Waals surface area contributed by atoms with Crippen LogP contribution in [-0.4, -0.2) is 11.2 Å². The lowest BCUT2D eigenvalue weighted by molar-refractivity contribution is 1.36. The van der Waals surface area contributed by atoms with Crippen molar-refractivity contribution in [3.63, 3.8) is 0 Å². The van der Waals surface area contributed by atoms with Crippen molar-refractivity contribution >= 4 is 28.2 Å². The second kappa shape index (κ2) is 3.26. The molecule has 0 aliphatic rings. The third kappa shape index (κ3) is 1.35. The Morgan fingerprint density at radius 2 is 2.15 bits per heavy atom. The van der Waals surface area contributed by atoms with Crippen LogP contribution in [0.1, 0.15) is 0 Å². The molecule has 13 heavy (non-hydrogen) atoms. The van der Waals surface area contributed by atoms with E-state index in [9.17, 15) is 0 Å². The molecule has 1 heterocycles. The summed E-state index contributed by atoms with van der Waals surface area (Å²) in [7, 11) is 0. The number of pyridine rings is 1. The predicted molar refractivity (Wildman–Crippen MR) is 57.9 cm³/mol. The zero-order chi connectivity index (χ0) is 9.26. The SMILES string of the molecule is CSc1ccc2cnccc2c1N. The molecule has 1 aromatic heterocycles. The largest absolute Gasteiger partial charge is 0.397 e. The third-order valence-corrected chi connectivity index (χ3v) is 2.84. The van der Waals surface area contributed by atoms with E-state index in [2.05, 4.69) is 4.98 Å². The number of hydrogen-bond donors (Lipinski definition) is 1. The molecule has 0 unspecified atom stereocenters. The van der Waals surface area contributed by atoms with Crippen LogP contribution in [-0.2, 0) is 0 Å². The first-order valence-electron chi connectivity index (χ1n) is 3.99. The monoisotopic (exact) mass is 190 g/mol. The van der Waals surface area contributed by atoms with E-state index in [1.54, 1.807) is 18.0 Å². The minimum atomic E-state index is 0.854. The smallest absolute Gasteiger partial charge is 0.0532 e. The molecule has 0 saturated carbocycles. The number of nitrogens with two attached hydrogens (primary N) is 1. The predicted octanol–water partition coefficient (Wildman–Crippen LogP) is 2.54. The van der Waals surface area contributed by atoms with Gasteiger partial charge in [0.2, 0.25) is 0 Å². The summed E-state index contributed by atoms with van der Waals surface area (Å²) in [6.45, 7) is 0. The van der Waals surface area contributed by atoms with Crippen LogP contribution in [0.3, 0.4) is 0 Å². The number of nitrogens with zero attached hydrogens (tertiary/aromatic N) is 1. The number of benzene rings is 1. The average molecular weight is 190 g/mol. The minimum Gasteiger partial charge on any atom is -0.397 e. The lowest BCUT2D eigenvalue weighted by Crippen LogP contribution is -1.90. The van der Waals surface area contributed by atoms with Gasteiger partial charge in [0.1, 0.15) is 0 Å². The van der Waals surface area contributed by atoms with Crippen LogP contribution in [0.15, 0.2) is 35.5 Å². The standard InChI is InChI=1S/C10H10N2S/c1-13-9-3-2-7-6-12-5-4-8(7)10(9)11/h2-6H,11H2,1H3. The van der Waals surface area contributed by atoms with Gasteiger partial charge in [0.25, 0.3) is 0 Å². The first-order chi connectivity index (χ1) is 6.33. The van der Waals surface area contributed by atoms with Gasteiger partial charge < -0.3 is 5.73 Å². The van der Waals surface area contributed by atoms with Gasteiger partial charge in [-0.3, -0.25) is 4.98 Å². The van der Waals surface area contributed by atoms with Gasteiger partial charge in [0, 0.05) is 28.1 Å². The van der Waals surface area contributed by atoms with Crippen molar-refractivity contribution in [2.24, 2.45) is 0 Å². The number of aromatic nitrogens is 1. The molecule has 2 aromatic rings. The van der Waals surface area contributed by atoms with Crippen LogP contribution in [0.25, 0.3) is 10.8 Å². The van der Waals surface area contributed by atoms with Gasteiger partial charge in [-0.25, -0.2) is 0 Å². The summed E-state index contributed by atoms with van der Waals surface area (Å²) in [6.07, 6.45) is 5.62. The summed E-state index contributed by atoms with van der Waals surface area (Å²) in [6, 6.07) is 6.03. The van der Waals surface area contributed by atoms with Crippen LogP contribution < -0.4 is 5.73 Å². The number of fused-ring (bicyclic) bond motifs is 1. The Hall–Kier alpha value is -1.22. The van der Waals surface area contributed by atoms with Crippen molar-refractivity contribution < 1.29 is 0 Å². The summed E-state index contributed by atoms with van der Waals surface area (Å²) in [4.78, 5) is 5.17. The maximum absolute atomic E-state index is 5.98. The van der Waals surface area contributed by atoms with E-state index in [-0.39, 0.29) is 0 Å². The Bertz CT molecular complexity index is 440. The molecule has 66 valence electrons. The first kappa shape index (κ1) is 8.38. The van der Waals surface area contributed by atoms with E-state index >= 15 is 0 Å². The molecule has 2 N–H and O–H groups in total. The summed E-state index contributed by atoms with van der Waals surface area (Å²) in [5.41, 5.74) is 6.83. The van der Waals surface area contributed by atoms with E-state index in [1.807, 2.05) is 30.7 Å². The Labute approximate surface area is 81.2 Å². The molecule has 0 bridgehead atoms. The number of hydrogen-bond acceptors (Lipinski definition) is 3. The van der Waals surface area contributed by atoms with Gasteiger partial charge in [0.15, 0.2) is 0 Å². The van der Waals surface area contributed by atoms with Gasteiger partial charge in [0.05, 0.1) is 5.69 Å².